The molecule has 0 aliphatic carbocycles. The fourth-order valence-corrected chi connectivity index (χ4v) is 4.43. The van der Waals surface area contributed by atoms with E-state index in [9.17, 15) is 9.59 Å². The maximum absolute atomic E-state index is 12.9. The molecular weight excluding hydrogens is 372 g/mol. The van der Waals surface area contributed by atoms with E-state index in [4.69, 9.17) is 16.3 Å². The zero-order chi connectivity index (χ0) is 18.8. The average Bonchev–Trinajstić information content (AvgIpc) is 2.94. The molecule has 2 aliphatic rings. The first kappa shape index (κ1) is 18.7. The number of carbonyl (C=O) groups is 2. The molecule has 0 saturated carbocycles. The Labute approximate surface area is 161 Å². The van der Waals surface area contributed by atoms with Crippen molar-refractivity contribution in [2.75, 3.05) is 6.61 Å². The monoisotopic (exact) mass is 390 g/mol. The topological polar surface area (TPSA) is 59.0 Å². The molecule has 136 valence electrons. The fraction of sp³-hybridized carbons (Fsp3) is 0.316. The van der Waals surface area contributed by atoms with Crippen LogP contribution in [-0.4, -0.2) is 33.8 Å². The molecule has 3 rings (SSSR count). The van der Waals surface area contributed by atoms with Crippen molar-refractivity contribution in [1.82, 2.24) is 4.90 Å². The second-order valence-electron chi connectivity index (χ2n) is 5.93. The van der Waals surface area contributed by atoms with Crippen molar-refractivity contribution in [1.29, 1.82) is 0 Å². The number of amidine groups is 1. The lowest BCUT2D eigenvalue weighted by molar-refractivity contribution is -0.139. The zero-order valence-electron chi connectivity index (χ0n) is 14.6. The number of ether oxygens (including phenoxy) is 1. The lowest BCUT2D eigenvalue weighted by Gasteiger charge is -2.33. The maximum Gasteiger partial charge on any atom is 0.338 e. The highest BCUT2D eigenvalue weighted by atomic mass is 35.5. The number of benzene rings is 1. The van der Waals surface area contributed by atoms with Gasteiger partial charge in [-0.05, 0) is 25.0 Å². The van der Waals surface area contributed by atoms with E-state index in [2.05, 4.69) is 11.6 Å². The predicted molar refractivity (Wildman–Crippen MR) is 104 cm³/mol. The zero-order valence-corrected chi connectivity index (χ0v) is 16.1. The Kier molecular flexibility index (Phi) is 5.53. The molecule has 7 heteroatoms. The Morgan fingerprint density at radius 1 is 1.46 bits per heavy atom. The molecule has 2 heterocycles. The Bertz CT molecular complexity index is 834. The summed E-state index contributed by atoms with van der Waals surface area (Å²) in [5, 5.41) is 0.873. The molecule has 2 atom stereocenters. The first-order valence-corrected chi connectivity index (χ1v) is 9.57. The third-order valence-electron chi connectivity index (χ3n) is 4.27. The van der Waals surface area contributed by atoms with E-state index in [1.54, 1.807) is 17.9 Å². The van der Waals surface area contributed by atoms with Crippen LogP contribution in [0.25, 0.3) is 0 Å². The molecule has 0 bridgehead atoms. The first-order valence-electron chi connectivity index (χ1n) is 8.31. The van der Waals surface area contributed by atoms with Crippen LogP contribution in [0.3, 0.4) is 0 Å². The number of hydrogen-bond acceptors (Lipinski definition) is 5. The van der Waals surface area contributed by atoms with Gasteiger partial charge in [-0.2, -0.15) is 0 Å². The van der Waals surface area contributed by atoms with Gasteiger partial charge < -0.3 is 4.74 Å². The molecule has 1 aromatic carbocycles. The summed E-state index contributed by atoms with van der Waals surface area (Å²) in [6.07, 6.45) is 2.18. The number of thioether (sulfide) groups is 1. The molecular formula is C19H19ClN2O3S. The molecule has 1 saturated heterocycles. The minimum atomic E-state index is -0.648. The van der Waals surface area contributed by atoms with Crippen LogP contribution >= 0.6 is 23.4 Å². The molecule has 0 aromatic heterocycles. The van der Waals surface area contributed by atoms with E-state index in [-0.39, 0.29) is 17.8 Å². The van der Waals surface area contributed by atoms with Gasteiger partial charge in [0, 0.05) is 5.02 Å². The van der Waals surface area contributed by atoms with E-state index in [1.165, 1.54) is 17.8 Å². The second-order valence-corrected chi connectivity index (χ2v) is 7.50. The van der Waals surface area contributed by atoms with Crippen LogP contribution in [0.15, 0.2) is 53.2 Å². The first-order chi connectivity index (χ1) is 12.5. The third kappa shape index (κ3) is 3.19. The number of aliphatic imine (C=N–C) groups is 1. The molecule has 1 fully saturated rings. The average molecular weight is 391 g/mol. The number of carbonyl (C=O) groups excluding carboxylic acids is 2. The van der Waals surface area contributed by atoms with Crippen LogP contribution in [0.1, 0.15) is 31.9 Å². The highest BCUT2D eigenvalue weighted by Crippen LogP contribution is 2.45. The van der Waals surface area contributed by atoms with Crippen molar-refractivity contribution in [3.63, 3.8) is 0 Å². The Balaban J connectivity index is 2.14. The lowest BCUT2D eigenvalue weighted by atomic mass is 9.94. The highest BCUT2D eigenvalue weighted by Gasteiger charge is 2.47. The number of esters is 1. The van der Waals surface area contributed by atoms with Gasteiger partial charge in [-0.3, -0.25) is 9.69 Å². The fourth-order valence-electron chi connectivity index (χ4n) is 3.05. The molecule has 5 nitrogen and oxygen atoms in total. The van der Waals surface area contributed by atoms with Crippen LogP contribution in [0.5, 0.6) is 0 Å². The van der Waals surface area contributed by atoms with Crippen LogP contribution in [0, 0.1) is 0 Å². The van der Waals surface area contributed by atoms with Gasteiger partial charge in [-0.15, -0.1) is 0 Å². The van der Waals surface area contributed by atoms with Crippen molar-refractivity contribution in [3.8, 4) is 0 Å². The predicted octanol–water partition coefficient (Wildman–Crippen LogP) is 4.11. The van der Waals surface area contributed by atoms with Gasteiger partial charge in [0.25, 0.3) is 0 Å². The van der Waals surface area contributed by atoms with Crippen molar-refractivity contribution in [3.05, 3.63) is 58.8 Å². The molecule has 0 radical (unpaired) electrons. The summed E-state index contributed by atoms with van der Waals surface area (Å²) in [6, 6.07) is 6.56. The van der Waals surface area contributed by atoms with E-state index < -0.39 is 12.0 Å². The summed E-state index contributed by atoms with van der Waals surface area (Å²) >= 11 is 7.84. The van der Waals surface area contributed by atoms with Crippen LogP contribution < -0.4 is 0 Å². The van der Waals surface area contributed by atoms with E-state index in [0.29, 0.717) is 33.4 Å². The van der Waals surface area contributed by atoms with Gasteiger partial charge in [0.05, 0.1) is 22.6 Å². The summed E-state index contributed by atoms with van der Waals surface area (Å²) in [6.45, 7) is 7.36. The summed E-state index contributed by atoms with van der Waals surface area (Å²) < 4.78 is 5.26. The smallest absolute Gasteiger partial charge is 0.338 e. The van der Waals surface area contributed by atoms with E-state index >= 15 is 0 Å². The van der Waals surface area contributed by atoms with Gasteiger partial charge in [0.1, 0.15) is 6.61 Å². The Morgan fingerprint density at radius 3 is 2.85 bits per heavy atom. The molecule has 2 unspecified atom stereocenters. The number of fused-ring (bicyclic) bond motifs is 1. The molecule has 26 heavy (non-hydrogen) atoms. The minimum absolute atomic E-state index is 0.0670. The molecule has 1 aromatic rings. The van der Waals surface area contributed by atoms with E-state index in [1.807, 2.05) is 25.1 Å². The normalized spacial score (nSPS) is 22.2. The van der Waals surface area contributed by atoms with Gasteiger partial charge in [-0.25, -0.2) is 9.79 Å². The minimum Gasteiger partial charge on any atom is -0.458 e. The SMILES string of the molecule is C=CCOC(=O)C1=C(C)N=C2SC(CC)C(=O)N2C1c1ccccc1Cl. The standard InChI is InChI=1S/C19H19ClN2O3S/c1-4-10-25-18(24)15-11(3)21-19-22(17(23)14(5-2)26-19)16(15)12-8-6-7-9-13(12)20/h4,6-9,14,16H,1,5,10H2,2-3H3. The number of hydrogen-bond donors (Lipinski definition) is 0. The largest absolute Gasteiger partial charge is 0.458 e. The Hall–Kier alpha value is -2.05. The molecule has 1 amide bonds. The van der Waals surface area contributed by atoms with Gasteiger partial charge >= 0.3 is 5.97 Å². The number of amides is 1. The van der Waals surface area contributed by atoms with Gasteiger partial charge in [0.15, 0.2) is 5.17 Å². The van der Waals surface area contributed by atoms with Crippen LogP contribution in [-0.2, 0) is 14.3 Å². The van der Waals surface area contributed by atoms with Crippen molar-refractivity contribution in [2.45, 2.75) is 31.6 Å². The summed E-state index contributed by atoms with van der Waals surface area (Å²) in [5.74, 6) is -0.587. The van der Waals surface area contributed by atoms with Crippen molar-refractivity contribution in [2.24, 2.45) is 4.99 Å². The highest BCUT2D eigenvalue weighted by molar-refractivity contribution is 8.15. The number of rotatable bonds is 5. The summed E-state index contributed by atoms with van der Waals surface area (Å²) in [4.78, 5) is 31.8. The number of halogens is 1. The van der Waals surface area contributed by atoms with Crippen LogP contribution in [0.2, 0.25) is 5.02 Å². The van der Waals surface area contributed by atoms with Crippen molar-refractivity contribution >= 4 is 40.4 Å². The Morgan fingerprint density at radius 2 is 2.19 bits per heavy atom. The summed E-state index contributed by atoms with van der Waals surface area (Å²) in [5.41, 5.74) is 1.54. The number of nitrogens with zero attached hydrogens (tertiary/aromatic N) is 2. The lowest BCUT2D eigenvalue weighted by Crippen LogP contribution is -2.41. The van der Waals surface area contributed by atoms with E-state index in [0.717, 1.165) is 0 Å². The molecule has 0 spiro atoms. The van der Waals surface area contributed by atoms with Crippen molar-refractivity contribution < 1.29 is 14.3 Å². The maximum atomic E-state index is 12.9. The number of allylic oxidation sites excluding steroid dienone is 1. The molecule has 0 N–H and O–H groups in total. The second kappa shape index (κ2) is 7.68. The third-order valence-corrected chi connectivity index (χ3v) is 5.94. The quantitative estimate of drug-likeness (QED) is 0.560. The van der Waals surface area contributed by atoms with Gasteiger partial charge in [0.2, 0.25) is 5.91 Å². The van der Waals surface area contributed by atoms with Crippen LogP contribution in [0.4, 0.5) is 0 Å². The summed E-state index contributed by atoms with van der Waals surface area (Å²) in [7, 11) is 0. The van der Waals surface area contributed by atoms with Gasteiger partial charge in [-0.1, -0.05) is 61.1 Å². The molecule has 2 aliphatic heterocycles.